The number of nitrogens with one attached hydrogen (secondary N) is 1. The van der Waals surface area contributed by atoms with Crippen LogP contribution in [0, 0.1) is 0 Å². The molecule has 1 aromatic carbocycles. The average molecular weight is 283 g/mol. The van der Waals surface area contributed by atoms with E-state index in [1.165, 1.54) is 0 Å². The van der Waals surface area contributed by atoms with Crippen LogP contribution in [-0.4, -0.2) is 17.3 Å². The molecule has 0 fully saturated rings. The Labute approximate surface area is 111 Å². The van der Waals surface area contributed by atoms with Crippen LogP contribution in [0.5, 0.6) is 0 Å². The molecule has 5 heteroatoms. The summed E-state index contributed by atoms with van der Waals surface area (Å²) in [4.78, 5) is 0. The lowest BCUT2D eigenvalue weighted by Crippen LogP contribution is -2.32. The molecule has 0 aliphatic heterocycles. The highest BCUT2D eigenvalue weighted by Gasteiger charge is 2.17. The predicted octanol–water partition coefficient (Wildman–Crippen LogP) is 4.22. The SMILES string of the molecule is CCC(C)(O)CNc1cc(Cl)c(Cl)cc1Cl. The molecule has 0 aliphatic carbocycles. The van der Waals surface area contributed by atoms with Crippen molar-refractivity contribution < 1.29 is 5.11 Å². The third-order valence-electron chi connectivity index (χ3n) is 2.43. The van der Waals surface area contributed by atoms with Crippen molar-refractivity contribution in [3.05, 3.63) is 27.2 Å². The first kappa shape index (κ1) is 13.9. The molecule has 2 nitrogen and oxygen atoms in total. The van der Waals surface area contributed by atoms with Gasteiger partial charge in [-0.25, -0.2) is 0 Å². The molecule has 0 heterocycles. The fourth-order valence-electron chi connectivity index (χ4n) is 1.07. The summed E-state index contributed by atoms with van der Waals surface area (Å²) in [6.45, 7) is 4.07. The standard InChI is InChI=1S/C11H14Cl3NO/c1-3-11(2,16)6-15-10-5-8(13)7(12)4-9(10)14/h4-5,15-16H,3,6H2,1-2H3. The van der Waals surface area contributed by atoms with Crippen LogP contribution < -0.4 is 5.32 Å². The first-order chi connectivity index (χ1) is 7.35. The highest BCUT2D eigenvalue weighted by Crippen LogP contribution is 2.32. The zero-order valence-electron chi connectivity index (χ0n) is 9.15. The lowest BCUT2D eigenvalue weighted by Gasteiger charge is -2.22. The van der Waals surface area contributed by atoms with E-state index in [0.29, 0.717) is 33.7 Å². The Bertz CT molecular complexity index is 380. The summed E-state index contributed by atoms with van der Waals surface area (Å²) in [5.74, 6) is 0. The van der Waals surface area contributed by atoms with Crippen molar-refractivity contribution in [3.63, 3.8) is 0 Å². The molecule has 0 radical (unpaired) electrons. The van der Waals surface area contributed by atoms with Gasteiger partial charge in [0.25, 0.3) is 0 Å². The summed E-state index contributed by atoms with van der Waals surface area (Å²) >= 11 is 17.7. The lowest BCUT2D eigenvalue weighted by atomic mass is 10.0. The molecule has 16 heavy (non-hydrogen) atoms. The number of benzene rings is 1. The molecule has 1 atom stereocenters. The van der Waals surface area contributed by atoms with Crippen LogP contribution in [0.25, 0.3) is 0 Å². The van der Waals surface area contributed by atoms with Crippen LogP contribution >= 0.6 is 34.8 Å². The summed E-state index contributed by atoms with van der Waals surface area (Å²) in [7, 11) is 0. The summed E-state index contributed by atoms with van der Waals surface area (Å²) in [5, 5.41) is 14.2. The van der Waals surface area contributed by atoms with E-state index < -0.39 is 5.60 Å². The Kier molecular flexibility index (Phi) is 4.74. The summed E-state index contributed by atoms with van der Waals surface area (Å²) in [6, 6.07) is 3.23. The minimum absolute atomic E-state index is 0.404. The fraction of sp³-hybridized carbons (Fsp3) is 0.455. The highest BCUT2D eigenvalue weighted by molar-refractivity contribution is 6.44. The Hall–Kier alpha value is -0.150. The van der Waals surface area contributed by atoms with Gasteiger partial charge in [0.15, 0.2) is 0 Å². The average Bonchev–Trinajstić information content (AvgIpc) is 2.22. The molecule has 0 spiro atoms. The van der Waals surface area contributed by atoms with Gasteiger partial charge in [-0.05, 0) is 25.5 Å². The Morgan fingerprint density at radius 3 is 2.31 bits per heavy atom. The summed E-state index contributed by atoms with van der Waals surface area (Å²) in [5.41, 5.74) is -0.0973. The van der Waals surface area contributed by atoms with E-state index in [1.807, 2.05) is 6.92 Å². The van der Waals surface area contributed by atoms with Crippen molar-refractivity contribution in [3.8, 4) is 0 Å². The van der Waals surface area contributed by atoms with Crippen molar-refractivity contribution >= 4 is 40.5 Å². The highest BCUT2D eigenvalue weighted by atomic mass is 35.5. The van der Waals surface area contributed by atoms with Gasteiger partial charge in [-0.2, -0.15) is 0 Å². The number of anilines is 1. The molecule has 1 rings (SSSR count). The van der Waals surface area contributed by atoms with E-state index in [4.69, 9.17) is 34.8 Å². The Balaban J connectivity index is 2.79. The van der Waals surface area contributed by atoms with Gasteiger partial charge in [-0.15, -0.1) is 0 Å². The van der Waals surface area contributed by atoms with Gasteiger partial charge in [0.1, 0.15) is 0 Å². The minimum atomic E-state index is -0.768. The quantitative estimate of drug-likeness (QED) is 0.810. The fourth-order valence-corrected chi connectivity index (χ4v) is 1.68. The molecule has 0 saturated carbocycles. The number of hydrogen-bond acceptors (Lipinski definition) is 2. The van der Waals surface area contributed by atoms with E-state index in [1.54, 1.807) is 19.1 Å². The van der Waals surface area contributed by atoms with Gasteiger partial charge in [-0.1, -0.05) is 41.7 Å². The van der Waals surface area contributed by atoms with Crippen molar-refractivity contribution in [2.24, 2.45) is 0 Å². The van der Waals surface area contributed by atoms with Gasteiger partial charge in [0, 0.05) is 6.54 Å². The van der Waals surface area contributed by atoms with Gasteiger partial charge < -0.3 is 10.4 Å². The largest absolute Gasteiger partial charge is 0.388 e. The lowest BCUT2D eigenvalue weighted by molar-refractivity contribution is 0.0697. The first-order valence-corrected chi connectivity index (χ1v) is 6.10. The van der Waals surface area contributed by atoms with Crippen LogP contribution in [0.2, 0.25) is 15.1 Å². The Morgan fingerprint density at radius 1 is 1.19 bits per heavy atom. The number of rotatable bonds is 4. The third kappa shape index (κ3) is 3.70. The van der Waals surface area contributed by atoms with Crippen molar-refractivity contribution in [1.82, 2.24) is 0 Å². The van der Waals surface area contributed by atoms with Gasteiger partial charge in [0.2, 0.25) is 0 Å². The van der Waals surface area contributed by atoms with Crippen LogP contribution in [-0.2, 0) is 0 Å². The van der Waals surface area contributed by atoms with Crippen LogP contribution in [0.15, 0.2) is 12.1 Å². The molecule has 1 unspecified atom stereocenters. The smallest absolute Gasteiger partial charge is 0.0788 e. The molecule has 1 aromatic rings. The predicted molar refractivity (Wildman–Crippen MR) is 70.9 cm³/mol. The van der Waals surface area contributed by atoms with E-state index in [2.05, 4.69) is 5.32 Å². The maximum absolute atomic E-state index is 9.83. The van der Waals surface area contributed by atoms with Crippen molar-refractivity contribution in [2.75, 3.05) is 11.9 Å². The second-order valence-electron chi connectivity index (χ2n) is 3.95. The van der Waals surface area contributed by atoms with E-state index in [0.717, 1.165) is 0 Å². The van der Waals surface area contributed by atoms with Crippen LogP contribution in [0.1, 0.15) is 20.3 Å². The molecule has 0 saturated heterocycles. The molecule has 90 valence electrons. The number of halogens is 3. The maximum Gasteiger partial charge on any atom is 0.0788 e. The van der Waals surface area contributed by atoms with E-state index >= 15 is 0 Å². The Morgan fingerprint density at radius 2 is 1.75 bits per heavy atom. The zero-order chi connectivity index (χ0) is 12.3. The third-order valence-corrected chi connectivity index (χ3v) is 3.47. The van der Waals surface area contributed by atoms with E-state index in [-0.39, 0.29) is 0 Å². The van der Waals surface area contributed by atoms with Gasteiger partial charge in [-0.3, -0.25) is 0 Å². The van der Waals surface area contributed by atoms with Crippen molar-refractivity contribution in [1.29, 1.82) is 0 Å². The summed E-state index contributed by atoms with van der Waals surface area (Å²) < 4.78 is 0. The normalized spacial score (nSPS) is 14.6. The number of aliphatic hydroxyl groups is 1. The molecule has 0 aliphatic rings. The number of hydrogen-bond donors (Lipinski definition) is 2. The van der Waals surface area contributed by atoms with Gasteiger partial charge in [0.05, 0.1) is 26.4 Å². The molecule has 2 N–H and O–H groups in total. The second kappa shape index (κ2) is 5.46. The topological polar surface area (TPSA) is 32.3 Å². The molecule has 0 bridgehead atoms. The minimum Gasteiger partial charge on any atom is -0.388 e. The maximum atomic E-state index is 9.83. The monoisotopic (exact) mass is 281 g/mol. The van der Waals surface area contributed by atoms with Crippen LogP contribution in [0.3, 0.4) is 0 Å². The van der Waals surface area contributed by atoms with Crippen molar-refractivity contribution in [2.45, 2.75) is 25.9 Å². The second-order valence-corrected chi connectivity index (χ2v) is 5.17. The van der Waals surface area contributed by atoms with Gasteiger partial charge >= 0.3 is 0 Å². The summed E-state index contributed by atoms with van der Waals surface area (Å²) in [6.07, 6.45) is 0.652. The molecular formula is C11H14Cl3NO. The molecule has 0 amide bonds. The van der Waals surface area contributed by atoms with E-state index in [9.17, 15) is 5.11 Å². The zero-order valence-corrected chi connectivity index (χ0v) is 11.4. The molecular weight excluding hydrogens is 268 g/mol. The first-order valence-electron chi connectivity index (χ1n) is 4.96. The van der Waals surface area contributed by atoms with Crippen LogP contribution in [0.4, 0.5) is 5.69 Å². The molecule has 0 aromatic heterocycles.